The van der Waals surface area contributed by atoms with Crippen LogP contribution in [0.15, 0.2) is 42.5 Å². The summed E-state index contributed by atoms with van der Waals surface area (Å²) in [5, 5.41) is 59.4. The van der Waals surface area contributed by atoms with E-state index in [1.54, 1.807) is 12.1 Å². The summed E-state index contributed by atoms with van der Waals surface area (Å²) in [6, 6.07) is 12.2. The topological polar surface area (TPSA) is 140 Å². The third-order valence-electron chi connectivity index (χ3n) is 5.52. The molecule has 3 rings (SSSR count). The van der Waals surface area contributed by atoms with Crippen molar-refractivity contribution in [3.8, 4) is 5.75 Å². The van der Waals surface area contributed by atoms with E-state index < -0.39 is 37.1 Å². The summed E-state index contributed by atoms with van der Waals surface area (Å²) >= 11 is 6.32. The summed E-state index contributed by atoms with van der Waals surface area (Å²) in [5.74, 6) is 0.750. The van der Waals surface area contributed by atoms with Crippen LogP contribution in [0.25, 0.3) is 0 Å². The monoisotopic (exact) mass is 468 g/mol. The van der Waals surface area contributed by atoms with Gasteiger partial charge < -0.3 is 40.1 Å². The molecule has 0 radical (unpaired) electrons. The maximum absolute atomic E-state index is 10.5. The predicted molar refractivity (Wildman–Crippen MR) is 117 cm³/mol. The highest BCUT2D eigenvalue weighted by Gasteiger charge is 2.34. The van der Waals surface area contributed by atoms with Crippen molar-refractivity contribution in [2.75, 3.05) is 19.8 Å². The standard InChI is InChI=1S/C23H29ClO8/c24-18-6-3-14(20(27)22(29)23(30)21(28)19(26)11-25)10-15(18)9-13-1-4-16(5-2-13)32-17-7-8-31-12-17/h1-6,10,17,19-23,25-30H,7-9,11-12H2/t17-,19+,20?,21-,22+,23-/m0/s1. The number of aliphatic hydroxyl groups is 6. The van der Waals surface area contributed by atoms with Gasteiger partial charge in [-0.1, -0.05) is 35.9 Å². The van der Waals surface area contributed by atoms with Gasteiger partial charge in [-0.3, -0.25) is 0 Å². The number of hydrogen-bond donors (Lipinski definition) is 6. The molecule has 6 N–H and O–H groups in total. The van der Waals surface area contributed by atoms with Gasteiger partial charge in [0.1, 0.15) is 42.4 Å². The molecule has 6 atom stereocenters. The Hall–Kier alpha value is -1.75. The molecule has 8 nitrogen and oxygen atoms in total. The molecule has 0 aromatic heterocycles. The van der Waals surface area contributed by atoms with Gasteiger partial charge in [0.15, 0.2) is 0 Å². The van der Waals surface area contributed by atoms with Crippen LogP contribution in [-0.2, 0) is 11.2 Å². The molecular weight excluding hydrogens is 440 g/mol. The molecule has 9 heteroatoms. The van der Waals surface area contributed by atoms with Crippen LogP contribution in [0.3, 0.4) is 0 Å². The summed E-state index contributed by atoms with van der Waals surface area (Å²) in [6.45, 7) is 0.490. The fraction of sp³-hybridized carbons (Fsp3) is 0.478. The van der Waals surface area contributed by atoms with Gasteiger partial charge in [-0.15, -0.1) is 0 Å². The maximum Gasteiger partial charge on any atom is 0.124 e. The van der Waals surface area contributed by atoms with Crippen LogP contribution < -0.4 is 4.74 Å². The SMILES string of the molecule is OC[C@@H](O)[C@H](O)[C@H](O)[C@H](O)C(O)c1ccc(Cl)c(Cc2ccc(O[C@H]3CCOC3)cc2)c1. The fourth-order valence-corrected chi connectivity index (χ4v) is 3.72. The van der Waals surface area contributed by atoms with Gasteiger partial charge in [-0.2, -0.15) is 0 Å². The first-order valence-corrected chi connectivity index (χ1v) is 10.8. The number of hydrogen-bond acceptors (Lipinski definition) is 8. The van der Waals surface area contributed by atoms with Crippen LogP contribution in [0.5, 0.6) is 5.75 Å². The summed E-state index contributed by atoms with van der Waals surface area (Å²) in [4.78, 5) is 0. The van der Waals surface area contributed by atoms with Gasteiger partial charge >= 0.3 is 0 Å². The van der Waals surface area contributed by atoms with E-state index in [1.807, 2.05) is 24.3 Å². The third kappa shape index (κ3) is 6.18. The smallest absolute Gasteiger partial charge is 0.124 e. The van der Waals surface area contributed by atoms with Gasteiger partial charge in [0.2, 0.25) is 0 Å². The number of ether oxygens (including phenoxy) is 2. The lowest BCUT2D eigenvalue weighted by Gasteiger charge is -2.28. The molecule has 0 amide bonds. The first-order valence-electron chi connectivity index (χ1n) is 10.4. The van der Waals surface area contributed by atoms with Gasteiger partial charge in [0.25, 0.3) is 0 Å². The molecule has 2 aromatic carbocycles. The van der Waals surface area contributed by atoms with E-state index in [-0.39, 0.29) is 11.7 Å². The number of halogens is 1. The Morgan fingerprint density at radius 1 is 0.969 bits per heavy atom. The lowest BCUT2D eigenvalue weighted by Crippen LogP contribution is -2.47. The van der Waals surface area contributed by atoms with Crippen LogP contribution in [0.4, 0.5) is 0 Å². The molecule has 2 aromatic rings. The molecule has 1 heterocycles. The predicted octanol–water partition coefficient (Wildman–Crippen LogP) is 0.568. The Bertz CT molecular complexity index is 856. The van der Waals surface area contributed by atoms with E-state index >= 15 is 0 Å². The summed E-state index contributed by atoms with van der Waals surface area (Å²) < 4.78 is 11.2. The van der Waals surface area contributed by atoms with Crippen LogP contribution >= 0.6 is 11.6 Å². The van der Waals surface area contributed by atoms with Crippen molar-refractivity contribution in [1.29, 1.82) is 0 Å². The quantitative estimate of drug-likeness (QED) is 0.297. The van der Waals surface area contributed by atoms with Crippen LogP contribution in [0.1, 0.15) is 29.2 Å². The zero-order valence-corrected chi connectivity index (χ0v) is 18.2. The third-order valence-corrected chi connectivity index (χ3v) is 5.89. The molecule has 0 saturated carbocycles. The minimum Gasteiger partial charge on any atom is -0.488 e. The van der Waals surface area contributed by atoms with Crippen LogP contribution in [0.2, 0.25) is 5.02 Å². The second-order valence-electron chi connectivity index (χ2n) is 7.94. The molecule has 1 aliphatic rings. The average molecular weight is 469 g/mol. The number of benzene rings is 2. The molecule has 1 unspecified atom stereocenters. The Kier molecular flexibility index (Phi) is 8.87. The molecule has 1 fully saturated rings. The van der Waals surface area contributed by atoms with Gasteiger partial charge in [0, 0.05) is 11.4 Å². The van der Waals surface area contributed by atoms with E-state index in [0.29, 0.717) is 30.2 Å². The summed E-state index contributed by atoms with van der Waals surface area (Å²) in [6.07, 6.45) is -7.31. The average Bonchev–Trinajstić information content (AvgIpc) is 3.32. The molecule has 1 aliphatic heterocycles. The molecule has 32 heavy (non-hydrogen) atoms. The van der Waals surface area contributed by atoms with Crippen molar-refractivity contribution < 1.29 is 40.1 Å². The Morgan fingerprint density at radius 2 is 1.69 bits per heavy atom. The zero-order valence-electron chi connectivity index (χ0n) is 17.4. The first-order chi connectivity index (χ1) is 15.3. The highest BCUT2D eigenvalue weighted by Crippen LogP contribution is 2.28. The Balaban J connectivity index is 1.68. The molecule has 1 saturated heterocycles. The van der Waals surface area contributed by atoms with Crippen molar-refractivity contribution in [2.45, 2.75) is 49.5 Å². The minimum atomic E-state index is -1.87. The van der Waals surface area contributed by atoms with Crippen molar-refractivity contribution in [2.24, 2.45) is 0 Å². The lowest BCUT2D eigenvalue weighted by atomic mass is 9.93. The normalized spacial score (nSPS) is 21.0. The second-order valence-corrected chi connectivity index (χ2v) is 8.35. The van der Waals surface area contributed by atoms with E-state index in [9.17, 15) is 25.5 Å². The van der Waals surface area contributed by atoms with Gasteiger partial charge in [-0.25, -0.2) is 0 Å². The van der Waals surface area contributed by atoms with Crippen LogP contribution in [0, 0.1) is 0 Å². The van der Waals surface area contributed by atoms with E-state index in [0.717, 1.165) is 17.7 Å². The number of aliphatic hydroxyl groups excluding tert-OH is 6. The maximum atomic E-state index is 10.5. The largest absolute Gasteiger partial charge is 0.488 e. The molecule has 0 bridgehead atoms. The van der Waals surface area contributed by atoms with Crippen molar-refractivity contribution in [1.82, 2.24) is 0 Å². The fourth-order valence-electron chi connectivity index (χ4n) is 3.54. The van der Waals surface area contributed by atoms with E-state index in [1.165, 1.54) is 6.07 Å². The summed E-state index contributed by atoms with van der Waals surface area (Å²) in [7, 11) is 0. The highest BCUT2D eigenvalue weighted by molar-refractivity contribution is 6.31. The van der Waals surface area contributed by atoms with Crippen LogP contribution in [-0.4, -0.2) is 81.0 Å². The van der Waals surface area contributed by atoms with Crippen molar-refractivity contribution in [3.05, 3.63) is 64.2 Å². The van der Waals surface area contributed by atoms with Gasteiger partial charge in [-0.05, 0) is 41.3 Å². The second kappa shape index (κ2) is 11.4. The Labute approximate surface area is 191 Å². The minimum absolute atomic E-state index is 0.0623. The van der Waals surface area contributed by atoms with E-state index in [2.05, 4.69) is 0 Å². The zero-order chi connectivity index (χ0) is 23.3. The number of rotatable bonds is 10. The molecule has 0 spiro atoms. The molecule has 176 valence electrons. The summed E-state index contributed by atoms with van der Waals surface area (Å²) in [5.41, 5.74) is 1.93. The first kappa shape index (κ1) is 24.9. The highest BCUT2D eigenvalue weighted by atomic mass is 35.5. The lowest BCUT2D eigenvalue weighted by molar-refractivity contribution is -0.141. The van der Waals surface area contributed by atoms with Crippen molar-refractivity contribution >= 4 is 11.6 Å². The molecule has 0 aliphatic carbocycles. The van der Waals surface area contributed by atoms with E-state index in [4.69, 9.17) is 26.2 Å². The van der Waals surface area contributed by atoms with Crippen molar-refractivity contribution in [3.63, 3.8) is 0 Å². The van der Waals surface area contributed by atoms with Gasteiger partial charge in [0.05, 0.1) is 19.8 Å². The Morgan fingerprint density at radius 3 is 2.31 bits per heavy atom. The molecular formula is C23H29ClO8.